The van der Waals surface area contributed by atoms with E-state index in [4.69, 9.17) is 0 Å². The van der Waals surface area contributed by atoms with Gasteiger partial charge in [-0.25, -0.2) is 12.8 Å². The SMILES string of the molecule is CCNC(=O)[C@H](C)N(Cc1ccccc1F)C(=O)CN(c1ccccc1C)S(C)(=O)=O. The molecule has 0 radical (unpaired) electrons. The molecule has 0 saturated carbocycles. The Morgan fingerprint density at radius 2 is 1.71 bits per heavy atom. The second kappa shape index (κ2) is 10.4. The van der Waals surface area contributed by atoms with Crippen molar-refractivity contribution in [1.82, 2.24) is 10.2 Å². The predicted molar refractivity (Wildman–Crippen MR) is 118 cm³/mol. The van der Waals surface area contributed by atoms with Crippen LogP contribution in [0.3, 0.4) is 0 Å². The minimum absolute atomic E-state index is 0.171. The summed E-state index contributed by atoms with van der Waals surface area (Å²) in [6, 6.07) is 11.8. The number of hydrogen-bond donors (Lipinski definition) is 1. The fourth-order valence-corrected chi connectivity index (χ4v) is 4.06. The molecule has 0 aromatic heterocycles. The van der Waals surface area contributed by atoms with Crippen LogP contribution in [0.4, 0.5) is 10.1 Å². The highest BCUT2D eigenvalue weighted by Crippen LogP contribution is 2.23. The number of hydrogen-bond acceptors (Lipinski definition) is 4. The fraction of sp³-hybridized carbons (Fsp3) is 0.364. The molecule has 0 fully saturated rings. The van der Waals surface area contributed by atoms with Crippen molar-refractivity contribution in [3.63, 3.8) is 0 Å². The maximum absolute atomic E-state index is 14.3. The normalized spacial score (nSPS) is 12.2. The molecule has 1 N–H and O–H groups in total. The van der Waals surface area contributed by atoms with Crippen molar-refractivity contribution in [3.05, 3.63) is 65.5 Å². The molecule has 2 amide bonds. The van der Waals surface area contributed by atoms with E-state index < -0.39 is 40.2 Å². The number of sulfonamides is 1. The quantitative estimate of drug-likeness (QED) is 0.637. The molecule has 0 aliphatic carbocycles. The van der Waals surface area contributed by atoms with Gasteiger partial charge in [0.2, 0.25) is 21.8 Å². The molecule has 2 rings (SSSR count). The Labute approximate surface area is 182 Å². The van der Waals surface area contributed by atoms with Gasteiger partial charge in [0.05, 0.1) is 11.9 Å². The monoisotopic (exact) mass is 449 g/mol. The van der Waals surface area contributed by atoms with E-state index >= 15 is 0 Å². The highest BCUT2D eigenvalue weighted by Gasteiger charge is 2.30. The van der Waals surface area contributed by atoms with Crippen molar-refractivity contribution in [1.29, 1.82) is 0 Å². The molecule has 2 aromatic rings. The molecule has 0 aliphatic heterocycles. The average molecular weight is 450 g/mol. The van der Waals surface area contributed by atoms with Gasteiger partial charge in [-0.1, -0.05) is 36.4 Å². The zero-order valence-electron chi connectivity index (χ0n) is 18.1. The van der Waals surface area contributed by atoms with Crippen LogP contribution >= 0.6 is 0 Å². The van der Waals surface area contributed by atoms with Gasteiger partial charge in [0.15, 0.2) is 0 Å². The predicted octanol–water partition coefficient (Wildman–Crippen LogP) is 2.45. The van der Waals surface area contributed by atoms with Gasteiger partial charge in [0, 0.05) is 18.7 Å². The van der Waals surface area contributed by atoms with Gasteiger partial charge in [-0.15, -0.1) is 0 Å². The molecular weight excluding hydrogens is 421 g/mol. The summed E-state index contributed by atoms with van der Waals surface area (Å²) in [5.41, 5.74) is 1.28. The number of halogens is 1. The minimum Gasteiger partial charge on any atom is -0.355 e. The van der Waals surface area contributed by atoms with E-state index in [1.807, 2.05) is 0 Å². The summed E-state index contributed by atoms with van der Waals surface area (Å²) in [7, 11) is -3.80. The molecule has 31 heavy (non-hydrogen) atoms. The maximum Gasteiger partial charge on any atom is 0.244 e. The van der Waals surface area contributed by atoms with Crippen LogP contribution < -0.4 is 9.62 Å². The van der Waals surface area contributed by atoms with Crippen LogP contribution in [0.25, 0.3) is 0 Å². The summed E-state index contributed by atoms with van der Waals surface area (Å²) in [6.07, 6.45) is 1.02. The summed E-state index contributed by atoms with van der Waals surface area (Å²) in [4.78, 5) is 26.9. The molecule has 0 unspecified atom stereocenters. The zero-order chi connectivity index (χ0) is 23.2. The van der Waals surface area contributed by atoms with Gasteiger partial charge in [-0.2, -0.15) is 0 Å². The standard InChI is InChI=1S/C22H28FN3O4S/c1-5-24-22(28)17(3)25(14-18-11-7-8-12-19(18)23)21(27)15-26(31(4,29)30)20-13-9-6-10-16(20)2/h6-13,17H,5,14-15H2,1-4H3,(H,24,28)/t17-/m0/s1. The first kappa shape index (κ1) is 24.3. The lowest BCUT2D eigenvalue weighted by molar-refractivity contribution is -0.139. The third-order valence-corrected chi connectivity index (χ3v) is 6.01. The van der Waals surface area contributed by atoms with E-state index in [2.05, 4.69) is 5.32 Å². The Hall–Kier alpha value is -2.94. The van der Waals surface area contributed by atoms with E-state index in [9.17, 15) is 22.4 Å². The number of nitrogens with zero attached hydrogens (tertiary/aromatic N) is 2. The van der Waals surface area contributed by atoms with Crippen LogP contribution in [0.2, 0.25) is 0 Å². The molecule has 9 heteroatoms. The number of benzene rings is 2. The first-order chi connectivity index (χ1) is 14.6. The van der Waals surface area contributed by atoms with Crippen molar-refractivity contribution in [2.24, 2.45) is 0 Å². The van der Waals surface area contributed by atoms with Crippen molar-refractivity contribution in [2.75, 3.05) is 23.7 Å². The lowest BCUT2D eigenvalue weighted by Gasteiger charge is -2.31. The lowest BCUT2D eigenvalue weighted by atomic mass is 10.1. The van der Waals surface area contributed by atoms with E-state index in [1.54, 1.807) is 44.2 Å². The van der Waals surface area contributed by atoms with Crippen molar-refractivity contribution in [3.8, 4) is 0 Å². The molecule has 2 aromatic carbocycles. The van der Waals surface area contributed by atoms with Gasteiger partial charge < -0.3 is 10.2 Å². The number of carbonyl (C=O) groups excluding carboxylic acids is 2. The third kappa shape index (κ3) is 6.27. The van der Waals surface area contributed by atoms with Crippen molar-refractivity contribution in [2.45, 2.75) is 33.4 Å². The van der Waals surface area contributed by atoms with Crippen LogP contribution in [0.15, 0.2) is 48.5 Å². The summed E-state index contributed by atoms with van der Waals surface area (Å²) < 4.78 is 40.2. The summed E-state index contributed by atoms with van der Waals surface area (Å²) in [6.45, 7) is 4.70. The highest BCUT2D eigenvalue weighted by atomic mass is 32.2. The first-order valence-electron chi connectivity index (χ1n) is 9.90. The van der Waals surface area contributed by atoms with Gasteiger partial charge >= 0.3 is 0 Å². The topological polar surface area (TPSA) is 86.8 Å². The number of amides is 2. The van der Waals surface area contributed by atoms with Crippen LogP contribution in [0.1, 0.15) is 25.0 Å². The minimum atomic E-state index is -3.80. The van der Waals surface area contributed by atoms with E-state index in [0.29, 0.717) is 17.8 Å². The summed E-state index contributed by atoms with van der Waals surface area (Å²) in [5.74, 6) is -1.54. The van der Waals surface area contributed by atoms with Crippen LogP contribution in [-0.4, -0.2) is 50.5 Å². The van der Waals surface area contributed by atoms with Crippen LogP contribution in [0.5, 0.6) is 0 Å². The highest BCUT2D eigenvalue weighted by molar-refractivity contribution is 7.92. The van der Waals surface area contributed by atoms with Crippen molar-refractivity contribution >= 4 is 27.5 Å². The maximum atomic E-state index is 14.3. The average Bonchev–Trinajstić information content (AvgIpc) is 2.71. The van der Waals surface area contributed by atoms with E-state index in [1.165, 1.54) is 30.0 Å². The fourth-order valence-electron chi connectivity index (χ4n) is 3.15. The Balaban J connectivity index is 2.41. The lowest BCUT2D eigenvalue weighted by Crippen LogP contribution is -2.51. The van der Waals surface area contributed by atoms with Crippen molar-refractivity contribution < 1.29 is 22.4 Å². The molecule has 0 spiro atoms. The van der Waals surface area contributed by atoms with E-state index in [-0.39, 0.29) is 12.1 Å². The summed E-state index contributed by atoms with van der Waals surface area (Å²) >= 11 is 0. The Kier molecular flexibility index (Phi) is 8.15. The van der Waals surface area contributed by atoms with Gasteiger partial charge in [0.25, 0.3) is 0 Å². The number of anilines is 1. The third-order valence-electron chi connectivity index (χ3n) is 4.88. The smallest absolute Gasteiger partial charge is 0.244 e. The number of carbonyl (C=O) groups is 2. The number of rotatable bonds is 9. The zero-order valence-corrected chi connectivity index (χ0v) is 18.9. The number of para-hydroxylation sites is 1. The van der Waals surface area contributed by atoms with Gasteiger partial charge in [0.1, 0.15) is 18.4 Å². The molecule has 0 heterocycles. The molecule has 0 aliphatic rings. The molecule has 168 valence electrons. The van der Waals surface area contributed by atoms with E-state index in [0.717, 1.165) is 10.6 Å². The number of likely N-dealkylation sites (N-methyl/N-ethyl adjacent to an activating group) is 1. The molecule has 0 bridgehead atoms. The Bertz CT molecular complexity index is 1040. The molecule has 0 saturated heterocycles. The second-order valence-electron chi connectivity index (χ2n) is 7.24. The van der Waals surface area contributed by atoms with Crippen LogP contribution in [0, 0.1) is 12.7 Å². The number of aryl methyl sites for hydroxylation is 1. The summed E-state index contributed by atoms with van der Waals surface area (Å²) in [5, 5.41) is 2.65. The molecule has 1 atom stereocenters. The second-order valence-corrected chi connectivity index (χ2v) is 9.15. The first-order valence-corrected chi connectivity index (χ1v) is 11.7. The largest absolute Gasteiger partial charge is 0.355 e. The Morgan fingerprint density at radius 3 is 2.29 bits per heavy atom. The molecular formula is C22H28FN3O4S. The number of nitrogens with one attached hydrogen (secondary N) is 1. The van der Waals surface area contributed by atoms with Gasteiger partial charge in [-0.05, 0) is 38.5 Å². The van der Waals surface area contributed by atoms with Gasteiger partial charge in [-0.3, -0.25) is 13.9 Å². The molecule has 7 nitrogen and oxygen atoms in total. The van der Waals surface area contributed by atoms with Crippen LogP contribution in [-0.2, 0) is 26.2 Å². The Morgan fingerprint density at radius 1 is 1.10 bits per heavy atom.